The average Bonchev–Trinajstić information content (AvgIpc) is 3.49. The van der Waals surface area contributed by atoms with Gasteiger partial charge in [-0.1, -0.05) is 72.2 Å². The van der Waals surface area contributed by atoms with Crippen LogP contribution < -0.4 is 11.1 Å². The highest BCUT2D eigenvalue weighted by Crippen LogP contribution is 2.20. The number of hydrogen-bond acceptors (Lipinski definition) is 9. The van der Waals surface area contributed by atoms with Crippen molar-refractivity contribution in [2.75, 3.05) is 32.7 Å². The second kappa shape index (κ2) is 16.6. The number of ether oxygens (including phenoxy) is 1. The molecule has 4 N–H and O–H groups in total. The van der Waals surface area contributed by atoms with Crippen LogP contribution in [-0.2, 0) is 29.1 Å². The lowest BCUT2D eigenvalue weighted by molar-refractivity contribution is -0.133. The Morgan fingerprint density at radius 2 is 1.67 bits per heavy atom. The number of aliphatic hydroxyl groups excluding tert-OH is 1. The number of unbranched alkanes of at least 4 members (excludes halogenated alkanes) is 1. The van der Waals surface area contributed by atoms with E-state index in [1.807, 2.05) is 53.4 Å². The lowest BCUT2D eigenvalue weighted by Crippen LogP contribution is -2.48. The van der Waals surface area contributed by atoms with E-state index in [0.717, 1.165) is 24.8 Å². The molecule has 226 valence electrons. The summed E-state index contributed by atoms with van der Waals surface area (Å²) in [6, 6.07) is 18.9. The first kappa shape index (κ1) is 31.1. The number of aromatic nitrogens is 2. The Hall–Kier alpha value is -3.80. The van der Waals surface area contributed by atoms with Crippen LogP contribution in [-0.4, -0.2) is 75.8 Å². The molecule has 1 saturated heterocycles. The van der Waals surface area contributed by atoms with Crippen molar-refractivity contribution in [1.29, 1.82) is 0 Å². The molecular weight excluding hydrogens is 536 g/mol. The normalized spacial score (nSPS) is 15.2. The van der Waals surface area contributed by atoms with E-state index >= 15 is 0 Å². The molecule has 1 fully saturated rings. The molecule has 1 aliphatic rings. The highest BCUT2D eigenvalue weighted by Gasteiger charge is 2.28. The Labute approximate surface area is 247 Å². The third kappa shape index (κ3) is 9.93. The Bertz CT molecular complexity index is 1220. The van der Waals surface area contributed by atoms with E-state index in [1.165, 1.54) is 5.56 Å². The number of carbonyl (C=O) groups is 2. The molecule has 4 rings (SSSR count). The van der Waals surface area contributed by atoms with Crippen molar-refractivity contribution < 1.29 is 24.0 Å². The van der Waals surface area contributed by atoms with Gasteiger partial charge in [-0.2, -0.15) is 4.98 Å². The Kier molecular flexibility index (Phi) is 12.3. The fraction of sp³-hybridized carbons (Fsp3) is 0.484. The molecule has 1 aliphatic heterocycles. The third-order valence-electron chi connectivity index (χ3n) is 7.40. The summed E-state index contributed by atoms with van der Waals surface area (Å²) < 4.78 is 10.8. The van der Waals surface area contributed by atoms with E-state index in [-0.39, 0.29) is 18.3 Å². The van der Waals surface area contributed by atoms with Crippen molar-refractivity contribution >= 4 is 12.0 Å². The predicted molar refractivity (Wildman–Crippen MR) is 157 cm³/mol. The van der Waals surface area contributed by atoms with E-state index < -0.39 is 18.2 Å². The smallest absolute Gasteiger partial charge is 0.407 e. The number of piperazine rings is 1. The zero-order valence-corrected chi connectivity index (χ0v) is 24.1. The first-order chi connectivity index (χ1) is 20.5. The largest absolute Gasteiger partial charge is 0.445 e. The van der Waals surface area contributed by atoms with Crippen molar-refractivity contribution in [2.24, 2.45) is 5.73 Å². The van der Waals surface area contributed by atoms with Gasteiger partial charge in [-0.05, 0) is 43.4 Å². The quantitative estimate of drug-likeness (QED) is 0.231. The highest BCUT2D eigenvalue weighted by molar-refractivity contribution is 5.76. The second-order valence-electron chi connectivity index (χ2n) is 10.6. The monoisotopic (exact) mass is 578 g/mol. The number of hydrogen-bond donors (Lipinski definition) is 3. The summed E-state index contributed by atoms with van der Waals surface area (Å²) >= 11 is 0. The van der Waals surface area contributed by atoms with Gasteiger partial charge >= 0.3 is 6.09 Å². The maximum Gasteiger partial charge on any atom is 0.407 e. The van der Waals surface area contributed by atoms with Gasteiger partial charge < -0.3 is 30.3 Å². The molecule has 2 amide bonds. The van der Waals surface area contributed by atoms with Crippen LogP contribution >= 0.6 is 0 Å². The van der Waals surface area contributed by atoms with E-state index in [2.05, 4.69) is 32.5 Å². The maximum atomic E-state index is 12.7. The number of aliphatic hydroxyl groups is 1. The van der Waals surface area contributed by atoms with E-state index in [9.17, 15) is 14.7 Å². The fourth-order valence-electron chi connectivity index (χ4n) is 4.96. The van der Waals surface area contributed by atoms with Crippen molar-refractivity contribution in [3.63, 3.8) is 0 Å². The summed E-state index contributed by atoms with van der Waals surface area (Å²) in [6.07, 6.45) is 2.41. The summed E-state index contributed by atoms with van der Waals surface area (Å²) in [4.78, 5) is 33.6. The van der Waals surface area contributed by atoms with Crippen molar-refractivity contribution in [3.8, 4) is 0 Å². The SMILES string of the molecule is NCCCC[C@H](NC(=O)OCc1ccccc1)[C@H](O)c1noc(CN2CCN(C(=O)CCCc3ccccc3)CC2)n1. The predicted octanol–water partition coefficient (Wildman–Crippen LogP) is 3.19. The zero-order valence-electron chi connectivity index (χ0n) is 24.1. The van der Waals surface area contributed by atoms with E-state index in [0.29, 0.717) is 64.4 Å². The number of carbonyl (C=O) groups excluding carboxylic acids is 2. The van der Waals surface area contributed by atoms with Crippen molar-refractivity contribution in [1.82, 2.24) is 25.3 Å². The third-order valence-corrected chi connectivity index (χ3v) is 7.40. The Morgan fingerprint density at radius 3 is 2.36 bits per heavy atom. The Balaban J connectivity index is 1.22. The van der Waals surface area contributed by atoms with Crippen LogP contribution in [0.2, 0.25) is 0 Å². The highest BCUT2D eigenvalue weighted by atomic mass is 16.5. The molecule has 2 atom stereocenters. The zero-order chi connectivity index (χ0) is 29.6. The number of aryl methyl sites for hydroxylation is 1. The van der Waals surface area contributed by atoms with Gasteiger partial charge in [0.1, 0.15) is 12.7 Å². The molecule has 0 unspecified atom stereocenters. The number of rotatable bonds is 15. The van der Waals surface area contributed by atoms with Gasteiger partial charge in [-0.15, -0.1) is 0 Å². The minimum atomic E-state index is -1.17. The molecule has 42 heavy (non-hydrogen) atoms. The Morgan fingerprint density at radius 1 is 0.976 bits per heavy atom. The van der Waals surface area contributed by atoms with E-state index in [1.54, 1.807) is 0 Å². The lowest BCUT2D eigenvalue weighted by Gasteiger charge is -2.34. The van der Waals surface area contributed by atoms with Gasteiger partial charge in [0.25, 0.3) is 0 Å². The number of nitrogens with two attached hydrogens (primary N) is 1. The molecule has 3 aromatic rings. The standard InChI is InChI=1S/C31H42N6O5/c32-17-8-7-15-26(33-31(40)41-23-25-12-5-2-6-13-25)29(39)30-34-27(42-35-30)22-36-18-20-37(21-19-36)28(38)16-9-14-24-10-3-1-4-11-24/h1-6,10-13,26,29,39H,7-9,14-23,32H2,(H,33,40)/t26-,29-/m0/s1. The number of amides is 2. The van der Waals surface area contributed by atoms with Gasteiger partial charge in [-0.3, -0.25) is 9.69 Å². The van der Waals surface area contributed by atoms with Crippen LogP contribution in [0.25, 0.3) is 0 Å². The van der Waals surface area contributed by atoms with Crippen molar-refractivity contribution in [2.45, 2.75) is 63.8 Å². The number of nitrogens with zero attached hydrogens (tertiary/aromatic N) is 4. The summed E-state index contributed by atoms with van der Waals surface area (Å²) in [6.45, 7) is 3.73. The molecule has 11 nitrogen and oxygen atoms in total. The van der Waals surface area contributed by atoms with Crippen molar-refractivity contribution in [3.05, 3.63) is 83.5 Å². The first-order valence-corrected chi connectivity index (χ1v) is 14.7. The topological polar surface area (TPSA) is 147 Å². The molecule has 2 heterocycles. The molecule has 1 aromatic heterocycles. The molecule has 0 radical (unpaired) electrons. The summed E-state index contributed by atoms with van der Waals surface area (Å²) in [5.41, 5.74) is 7.75. The minimum Gasteiger partial charge on any atom is -0.445 e. The van der Waals surface area contributed by atoms with Gasteiger partial charge in [-0.25, -0.2) is 4.79 Å². The fourth-order valence-corrected chi connectivity index (χ4v) is 4.96. The van der Waals surface area contributed by atoms with Crippen LogP contribution in [0.3, 0.4) is 0 Å². The molecular formula is C31H42N6O5. The van der Waals surface area contributed by atoms with Crippen LogP contribution in [0.4, 0.5) is 4.79 Å². The summed E-state index contributed by atoms with van der Waals surface area (Å²) in [7, 11) is 0. The van der Waals surface area contributed by atoms with E-state index in [4.69, 9.17) is 15.0 Å². The molecule has 2 aromatic carbocycles. The van der Waals surface area contributed by atoms with Crippen LogP contribution in [0, 0.1) is 0 Å². The first-order valence-electron chi connectivity index (χ1n) is 14.7. The second-order valence-corrected chi connectivity index (χ2v) is 10.6. The number of nitrogens with one attached hydrogen (secondary N) is 1. The molecule has 0 aliphatic carbocycles. The number of benzene rings is 2. The summed E-state index contributed by atoms with van der Waals surface area (Å²) in [5.74, 6) is 0.668. The summed E-state index contributed by atoms with van der Waals surface area (Å²) in [5, 5.41) is 17.8. The molecule has 0 spiro atoms. The molecule has 11 heteroatoms. The van der Waals surface area contributed by atoms with Crippen LogP contribution in [0.15, 0.2) is 65.2 Å². The number of alkyl carbamates (subject to hydrolysis) is 1. The van der Waals surface area contributed by atoms with Gasteiger partial charge in [0.2, 0.25) is 17.6 Å². The van der Waals surface area contributed by atoms with Gasteiger partial charge in [0.15, 0.2) is 0 Å². The molecule has 0 bridgehead atoms. The molecule has 0 saturated carbocycles. The van der Waals surface area contributed by atoms with Gasteiger partial charge in [0, 0.05) is 32.6 Å². The van der Waals surface area contributed by atoms with Crippen LogP contribution in [0.1, 0.15) is 61.1 Å². The van der Waals surface area contributed by atoms with Gasteiger partial charge in [0.05, 0.1) is 12.6 Å². The minimum absolute atomic E-state index is 0.110. The lowest BCUT2D eigenvalue weighted by atomic mass is 10.0. The van der Waals surface area contributed by atoms with Crippen LogP contribution in [0.5, 0.6) is 0 Å². The maximum absolute atomic E-state index is 12.7. The average molecular weight is 579 g/mol.